The van der Waals surface area contributed by atoms with Crippen molar-refractivity contribution in [2.75, 3.05) is 39.5 Å². The first kappa shape index (κ1) is 20.2. The van der Waals surface area contributed by atoms with Gasteiger partial charge in [-0.15, -0.1) is 11.8 Å². The third kappa shape index (κ3) is 4.68. The lowest BCUT2D eigenvalue weighted by Gasteiger charge is -2.41. The molecule has 2 aromatic rings. The van der Waals surface area contributed by atoms with Crippen LogP contribution in [0.2, 0.25) is 0 Å². The van der Waals surface area contributed by atoms with Gasteiger partial charge in [-0.05, 0) is 45.3 Å². The van der Waals surface area contributed by atoms with Crippen molar-refractivity contribution in [3.8, 4) is 0 Å². The standard InChI is InChI=1S/C21H31N3O2S/c1-22(2)18-10-11-24(13-16(18)7-6-12-25)21(26)15-27-20-14-23(3)19-9-5-4-8-17(19)20/h4-5,8-9,14,16,18,25H,6-7,10-13,15H2,1-3H3/t16-,18+/m1/s1. The van der Waals surface area contributed by atoms with Gasteiger partial charge in [0.1, 0.15) is 0 Å². The molecule has 2 heterocycles. The molecule has 1 fully saturated rings. The highest BCUT2D eigenvalue weighted by molar-refractivity contribution is 8.00. The van der Waals surface area contributed by atoms with E-state index < -0.39 is 0 Å². The van der Waals surface area contributed by atoms with E-state index in [1.807, 2.05) is 24.1 Å². The molecule has 0 saturated carbocycles. The molecule has 1 saturated heterocycles. The number of thioether (sulfide) groups is 1. The summed E-state index contributed by atoms with van der Waals surface area (Å²) in [5, 5.41) is 10.4. The van der Waals surface area contributed by atoms with Crippen LogP contribution in [0.25, 0.3) is 10.9 Å². The Kier molecular flexibility index (Phi) is 6.84. The number of hydrogen-bond acceptors (Lipinski definition) is 4. The van der Waals surface area contributed by atoms with Gasteiger partial charge in [0.15, 0.2) is 0 Å². The predicted octanol–water partition coefficient (Wildman–Crippen LogP) is 2.82. The van der Waals surface area contributed by atoms with Crippen LogP contribution in [0.1, 0.15) is 19.3 Å². The van der Waals surface area contributed by atoms with E-state index in [0.717, 1.165) is 32.4 Å². The van der Waals surface area contributed by atoms with Crippen LogP contribution in [0.4, 0.5) is 0 Å². The number of carbonyl (C=O) groups is 1. The monoisotopic (exact) mass is 389 g/mol. The summed E-state index contributed by atoms with van der Waals surface area (Å²) in [4.78, 5) is 18.3. The highest BCUT2D eigenvalue weighted by atomic mass is 32.2. The Balaban J connectivity index is 1.62. The number of fused-ring (bicyclic) bond motifs is 1. The van der Waals surface area contributed by atoms with Crippen molar-refractivity contribution in [3.05, 3.63) is 30.5 Å². The lowest BCUT2D eigenvalue weighted by molar-refractivity contribution is -0.131. The minimum atomic E-state index is 0.221. The Bertz CT molecular complexity index is 774. The molecule has 0 unspecified atom stereocenters. The van der Waals surface area contributed by atoms with Crippen LogP contribution < -0.4 is 0 Å². The Morgan fingerprint density at radius 3 is 2.85 bits per heavy atom. The highest BCUT2D eigenvalue weighted by Gasteiger charge is 2.32. The first-order valence-electron chi connectivity index (χ1n) is 9.73. The maximum atomic E-state index is 12.8. The maximum absolute atomic E-state index is 12.8. The number of benzene rings is 1. The fraction of sp³-hybridized carbons (Fsp3) is 0.571. The van der Waals surface area contributed by atoms with Gasteiger partial charge in [-0.25, -0.2) is 0 Å². The van der Waals surface area contributed by atoms with E-state index in [9.17, 15) is 9.90 Å². The predicted molar refractivity (Wildman–Crippen MR) is 112 cm³/mol. The average molecular weight is 390 g/mol. The lowest BCUT2D eigenvalue weighted by atomic mass is 9.87. The number of amides is 1. The van der Waals surface area contributed by atoms with E-state index in [-0.39, 0.29) is 12.5 Å². The number of aliphatic hydroxyl groups is 1. The molecule has 5 nitrogen and oxygen atoms in total. The SMILES string of the molecule is CN(C)[C@H]1CCN(C(=O)CSc2cn(C)c3ccccc23)C[C@H]1CCCO. The Labute approximate surface area is 166 Å². The second-order valence-electron chi connectivity index (χ2n) is 7.70. The zero-order valence-corrected chi connectivity index (χ0v) is 17.4. The molecule has 1 N–H and O–H groups in total. The smallest absolute Gasteiger partial charge is 0.232 e. The summed E-state index contributed by atoms with van der Waals surface area (Å²) >= 11 is 1.64. The van der Waals surface area contributed by atoms with Crippen LogP contribution in [-0.4, -0.2) is 71.0 Å². The number of aliphatic hydroxyl groups excluding tert-OH is 1. The van der Waals surface area contributed by atoms with E-state index in [1.165, 1.54) is 15.8 Å². The van der Waals surface area contributed by atoms with Gasteiger partial charge in [0, 0.05) is 54.8 Å². The summed E-state index contributed by atoms with van der Waals surface area (Å²) in [6, 6.07) is 8.82. The highest BCUT2D eigenvalue weighted by Crippen LogP contribution is 2.30. The minimum Gasteiger partial charge on any atom is -0.396 e. The van der Waals surface area contributed by atoms with Gasteiger partial charge in [-0.2, -0.15) is 0 Å². The van der Waals surface area contributed by atoms with Gasteiger partial charge in [0.2, 0.25) is 5.91 Å². The first-order chi connectivity index (χ1) is 13.0. The number of nitrogens with zero attached hydrogens (tertiary/aromatic N) is 3. The Hall–Kier alpha value is -1.50. The molecule has 1 amide bonds. The number of rotatable bonds is 7. The number of likely N-dealkylation sites (tertiary alicyclic amines) is 1. The summed E-state index contributed by atoms with van der Waals surface area (Å²) < 4.78 is 2.12. The van der Waals surface area contributed by atoms with E-state index in [0.29, 0.717) is 17.7 Å². The zero-order chi connectivity index (χ0) is 19.4. The largest absolute Gasteiger partial charge is 0.396 e. The maximum Gasteiger partial charge on any atom is 0.232 e. The quantitative estimate of drug-likeness (QED) is 0.740. The topological polar surface area (TPSA) is 48.7 Å². The van der Waals surface area contributed by atoms with Gasteiger partial charge in [-0.1, -0.05) is 18.2 Å². The van der Waals surface area contributed by atoms with E-state index in [2.05, 4.69) is 41.9 Å². The Morgan fingerprint density at radius 2 is 2.11 bits per heavy atom. The fourth-order valence-corrected chi connectivity index (χ4v) is 5.24. The molecular formula is C21H31N3O2S. The average Bonchev–Trinajstić information content (AvgIpc) is 3.00. The van der Waals surface area contributed by atoms with Gasteiger partial charge in [-0.3, -0.25) is 4.79 Å². The summed E-state index contributed by atoms with van der Waals surface area (Å²) in [6.45, 7) is 1.85. The van der Waals surface area contributed by atoms with Crippen molar-refractivity contribution in [1.82, 2.24) is 14.4 Å². The minimum absolute atomic E-state index is 0.221. The van der Waals surface area contributed by atoms with Gasteiger partial charge < -0.3 is 19.5 Å². The van der Waals surface area contributed by atoms with Crippen molar-refractivity contribution >= 4 is 28.6 Å². The second-order valence-corrected chi connectivity index (χ2v) is 8.71. The van der Waals surface area contributed by atoms with Gasteiger partial charge in [0.05, 0.1) is 5.75 Å². The number of aromatic nitrogens is 1. The summed E-state index contributed by atoms with van der Waals surface area (Å²) in [6.07, 6.45) is 4.90. The third-order valence-corrected chi connectivity index (χ3v) is 6.68. The van der Waals surface area contributed by atoms with Crippen molar-refractivity contribution in [2.45, 2.75) is 30.2 Å². The van der Waals surface area contributed by atoms with Crippen LogP contribution in [0.3, 0.4) is 0 Å². The summed E-state index contributed by atoms with van der Waals surface area (Å²) in [5.74, 6) is 1.14. The van der Waals surface area contributed by atoms with Crippen LogP contribution >= 0.6 is 11.8 Å². The van der Waals surface area contributed by atoms with Crippen LogP contribution in [0.5, 0.6) is 0 Å². The molecule has 0 bridgehead atoms. The zero-order valence-electron chi connectivity index (χ0n) is 16.6. The first-order valence-corrected chi connectivity index (χ1v) is 10.7. The molecule has 1 aliphatic heterocycles. The Morgan fingerprint density at radius 1 is 1.33 bits per heavy atom. The molecule has 0 spiro atoms. The van der Waals surface area contributed by atoms with Crippen LogP contribution in [-0.2, 0) is 11.8 Å². The van der Waals surface area contributed by atoms with Gasteiger partial charge in [0.25, 0.3) is 0 Å². The van der Waals surface area contributed by atoms with E-state index >= 15 is 0 Å². The molecule has 27 heavy (non-hydrogen) atoms. The lowest BCUT2D eigenvalue weighted by Crippen LogP contribution is -2.51. The van der Waals surface area contributed by atoms with Crippen molar-refractivity contribution in [3.63, 3.8) is 0 Å². The van der Waals surface area contributed by atoms with Crippen molar-refractivity contribution in [2.24, 2.45) is 13.0 Å². The van der Waals surface area contributed by atoms with Crippen LogP contribution in [0, 0.1) is 5.92 Å². The molecule has 148 valence electrons. The molecule has 3 rings (SSSR count). The number of para-hydroxylation sites is 1. The van der Waals surface area contributed by atoms with E-state index in [4.69, 9.17) is 0 Å². The molecule has 0 radical (unpaired) electrons. The van der Waals surface area contributed by atoms with Gasteiger partial charge >= 0.3 is 0 Å². The number of hydrogen-bond donors (Lipinski definition) is 1. The van der Waals surface area contributed by atoms with E-state index in [1.54, 1.807) is 11.8 Å². The molecule has 6 heteroatoms. The fourth-order valence-electron chi connectivity index (χ4n) is 4.21. The molecule has 0 aliphatic carbocycles. The second kappa shape index (κ2) is 9.13. The number of carbonyl (C=O) groups excluding carboxylic acids is 1. The van der Waals surface area contributed by atoms with Crippen molar-refractivity contribution in [1.29, 1.82) is 0 Å². The molecule has 2 atom stereocenters. The molecule has 1 aromatic carbocycles. The summed E-state index contributed by atoms with van der Waals surface area (Å²) in [5.41, 5.74) is 1.20. The molecule has 1 aliphatic rings. The molecular weight excluding hydrogens is 358 g/mol. The molecule has 1 aromatic heterocycles. The van der Waals surface area contributed by atoms with Crippen molar-refractivity contribution < 1.29 is 9.90 Å². The number of piperidine rings is 1. The third-order valence-electron chi connectivity index (χ3n) is 5.65. The number of aryl methyl sites for hydroxylation is 1. The summed E-state index contributed by atoms with van der Waals surface area (Å²) in [7, 11) is 6.28. The normalized spacial score (nSPS) is 20.6. The van der Waals surface area contributed by atoms with Crippen LogP contribution in [0.15, 0.2) is 35.4 Å².